The highest BCUT2D eigenvalue weighted by molar-refractivity contribution is 5.65. The Balaban J connectivity index is 2.92. The molecular weight excluding hydrogens is 136 g/mol. The third-order valence-electron chi connectivity index (χ3n) is 1.66. The molecule has 1 rings (SSSR count). The summed E-state index contributed by atoms with van der Waals surface area (Å²) >= 11 is 0. The van der Waals surface area contributed by atoms with Crippen LogP contribution in [0.5, 0.6) is 0 Å². The SMILES string of the molecule is C/C=C(\CO)c1ccccc1. The van der Waals surface area contributed by atoms with Gasteiger partial charge >= 0.3 is 0 Å². The Bertz CT molecular complexity index is 236. The van der Waals surface area contributed by atoms with E-state index in [-0.39, 0.29) is 6.61 Å². The number of benzene rings is 1. The summed E-state index contributed by atoms with van der Waals surface area (Å²) in [5.74, 6) is 0. The molecule has 0 aliphatic heterocycles. The number of allylic oxidation sites excluding steroid dienone is 1. The molecule has 0 radical (unpaired) electrons. The summed E-state index contributed by atoms with van der Waals surface area (Å²) < 4.78 is 0. The van der Waals surface area contributed by atoms with E-state index in [0.717, 1.165) is 11.1 Å². The van der Waals surface area contributed by atoms with Crippen molar-refractivity contribution in [2.45, 2.75) is 6.92 Å². The summed E-state index contributed by atoms with van der Waals surface area (Å²) in [5, 5.41) is 8.91. The summed E-state index contributed by atoms with van der Waals surface area (Å²) in [4.78, 5) is 0. The van der Waals surface area contributed by atoms with E-state index in [1.54, 1.807) is 0 Å². The van der Waals surface area contributed by atoms with Gasteiger partial charge in [-0.2, -0.15) is 0 Å². The molecule has 0 fully saturated rings. The summed E-state index contributed by atoms with van der Waals surface area (Å²) in [7, 11) is 0. The van der Waals surface area contributed by atoms with E-state index in [9.17, 15) is 0 Å². The van der Waals surface area contributed by atoms with Crippen LogP contribution in [0.25, 0.3) is 5.57 Å². The monoisotopic (exact) mass is 148 g/mol. The Kier molecular flexibility index (Phi) is 2.87. The van der Waals surface area contributed by atoms with Crippen molar-refractivity contribution < 1.29 is 5.11 Å². The molecule has 0 aromatic heterocycles. The first kappa shape index (κ1) is 8.02. The minimum absolute atomic E-state index is 0.112. The number of rotatable bonds is 2. The first-order chi connectivity index (χ1) is 5.38. The van der Waals surface area contributed by atoms with Crippen LogP contribution in [0.1, 0.15) is 12.5 Å². The van der Waals surface area contributed by atoms with Crippen LogP contribution >= 0.6 is 0 Å². The molecule has 0 atom stereocenters. The zero-order chi connectivity index (χ0) is 8.10. The Labute approximate surface area is 67.0 Å². The average molecular weight is 148 g/mol. The van der Waals surface area contributed by atoms with Crippen LogP contribution in [0.15, 0.2) is 36.4 Å². The second-order valence-electron chi connectivity index (χ2n) is 2.34. The largest absolute Gasteiger partial charge is 0.392 e. The third-order valence-corrected chi connectivity index (χ3v) is 1.66. The number of aliphatic hydroxyl groups is 1. The second kappa shape index (κ2) is 3.94. The van der Waals surface area contributed by atoms with Crippen LogP contribution in [0.2, 0.25) is 0 Å². The smallest absolute Gasteiger partial charge is 0.0684 e. The van der Waals surface area contributed by atoms with Crippen molar-refractivity contribution in [1.29, 1.82) is 0 Å². The summed E-state index contributed by atoms with van der Waals surface area (Å²) in [6.07, 6.45) is 1.93. The van der Waals surface area contributed by atoms with Gasteiger partial charge in [0, 0.05) is 0 Å². The molecule has 1 nitrogen and oxygen atoms in total. The molecule has 0 aliphatic carbocycles. The number of hydrogen-bond donors (Lipinski definition) is 1. The number of hydrogen-bond acceptors (Lipinski definition) is 1. The van der Waals surface area contributed by atoms with E-state index in [0.29, 0.717) is 0 Å². The van der Waals surface area contributed by atoms with Gasteiger partial charge in [-0.05, 0) is 18.1 Å². The molecule has 1 heteroatoms. The molecule has 0 spiro atoms. The van der Waals surface area contributed by atoms with Gasteiger partial charge in [-0.3, -0.25) is 0 Å². The minimum Gasteiger partial charge on any atom is -0.392 e. The van der Waals surface area contributed by atoms with Gasteiger partial charge in [0.2, 0.25) is 0 Å². The van der Waals surface area contributed by atoms with Crippen LogP contribution in [-0.4, -0.2) is 11.7 Å². The maximum Gasteiger partial charge on any atom is 0.0684 e. The summed E-state index contributed by atoms with van der Waals surface area (Å²) in [5.41, 5.74) is 2.07. The van der Waals surface area contributed by atoms with Crippen molar-refractivity contribution in [1.82, 2.24) is 0 Å². The maximum absolute atomic E-state index is 8.91. The molecule has 1 aromatic rings. The number of aliphatic hydroxyl groups excluding tert-OH is 1. The van der Waals surface area contributed by atoms with Gasteiger partial charge in [0.15, 0.2) is 0 Å². The lowest BCUT2D eigenvalue weighted by molar-refractivity contribution is 0.350. The van der Waals surface area contributed by atoms with Crippen LogP contribution in [0.4, 0.5) is 0 Å². The Hall–Kier alpha value is -1.08. The predicted molar refractivity (Wildman–Crippen MR) is 47.2 cm³/mol. The van der Waals surface area contributed by atoms with Crippen molar-refractivity contribution in [3.8, 4) is 0 Å². The summed E-state index contributed by atoms with van der Waals surface area (Å²) in [6, 6.07) is 9.88. The van der Waals surface area contributed by atoms with Crippen molar-refractivity contribution >= 4 is 5.57 Å². The molecule has 0 amide bonds. The van der Waals surface area contributed by atoms with E-state index in [4.69, 9.17) is 5.11 Å². The molecule has 11 heavy (non-hydrogen) atoms. The maximum atomic E-state index is 8.91. The molecule has 0 heterocycles. The lowest BCUT2D eigenvalue weighted by atomic mass is 10.1. The van der Waals surface area contributed by atoms with Crippen LogP contribution in [-0.2, 0) is 0 Å². The molecule has 58 valence electrons. The van der Waals surface area contributed by atoms with Crippen LogP contribution < -0.4 is 0 Å². The van der Waals surface area contributed by atoms with E-state index < -0.39 is 0 Å². The van der Waals surface area contributed by atoms with E-state index in [2.05, 4.69) is 0 Å². The van der Waals surface area contributed by atoms with Crippen molar-refractivity contribution in [3.63, 3.8) is 0 Å². The topological polar surface area (TPSA) is 20.2 Å². The van der Waals surface area contributed by atoms with Gasteiger partial charge in [-0.25, -0.2) is 0 Å². The molecule has 0 unspecified atom stereocenters. The third kappa shape index (κ3) is 1.92. The Morgan fingerprint density at radius 2 is 2.00 bits per heavy atom. The highest BCUT2D eigenvalue weighted by Crippen LogP contribution is 2.11. The molecule has 0 bridgehead atoms. The first-order valence-corrected chi connectivity index (χ1v) is 3.70. The average Bonchev–Trinajstić information content (AvgIpc) is 2.09. The highest BCUT2D eigenvalue weighted by atomic mass is 16.3. The van der Waals surface area contributed by atoms with Gasteiger partial charge in [-0.1, -0.05) is 36.4 Å². The Morgan fingerprint density at radius 3 is 2.45 bits per heavy atom. The zero-order valence-electron chi connectivity index (χ0n) is 6.62. The van der Waals surface area contributed by atoms with E-state index in [1.807, 2.05) is 43.3 Å². The Morgan fingerprint density at radius 1 is 1.36 bits per heavy atom. The molecule has 0 aliphatic rings. The first-order valence-electron chi connectivity index (χ1n) is 3.70. The lowest BCUT2D eigenvalue weighted by Crippen LogP contribution is -1.88. The normalized spacial score (nSPS) is 11.6. The van der Waals surface area contributed by atoms with Crippen molar-refractivity contribution in [2.75, 3.05) is 6.61 Å². The summed E-state index contributed by atoms with van der Waals surface area (Å²) in [6.45, 7) is 2.04. The van der Waals surface area contributed by atoms with Gasteiger partial charge in [0.1, 0.15) is 0 Å². The van der Waals surface area contributed by atoms with Gasteiger partial charge in [-0.15, -0.1) is 0 Å². The van der Waals surface area contributed by atoms with Crippen molar-refractivity contribution in [3.05, 3.63) is 42.0 Å². The lowest BCUT2D eigenvalue weighted by Gasteiger charge is -2.01. The van der Waals surface area contributed by atoms with E-state index >= 15 is 0 Å². The molecule has 1 N–H and O–H groups in total. The fourth-order valence-corrected chi connectivity index (χ4v) is 1.00. The standard InChI is InChI=1S/C10H12O/c1-2-9(8-11)10-6-4-3-5-7-10/h2-7,11H,8H2,1H3/b9-2+. The van der Waals surface area contributed by atoms with Crippen LogP contribution in [0.3, 0.4) is 0 Å². The second-order valence-corrected chi connectivity index (χ2v) is 2.34. The fourth-order valence-electron chi connectivity index (χ4n) is 1.00. The van der Waals surface area contributed by atoms with Gasteiger partial charge in [0.05, 0.1) is 6.61 Å². The zero-order valence-corrected chi connectivity index (χ0v) is 6.62. The van der Waals surface area contributed by atoms with Gasteiger partial charge in [0.25, 0.3) is 0 Å². The predicted octanol–water partition coefficient (Wildman–Crippen LogP) is 2.08. The molecular formula is C10H12O. The van der Waals surface area contributed by atoms with Crippen molar-refractivity contribution in [2.24, 2.45) is 0 Å². The highest BCUT2D eigenvalue weighted by Gasteiger charge is 1.95. The molecule has 0 saturated heterocycles. The van der Waals surface area contributed by atoms with E-state index in [1.165, 1.54) is 0 Å². The van der Waals surface area contributed by atoms with Crippen LogP contribution in [0, 0.1) is 0 Å². The molecule has 1 aromatic carbocycles. The fraction of sp³-hybridized carbons (Fsp3) is 0.200. The quantitative estimate of drug-likeness (QED) is 0.680. The molecule has 0 saturated carbocycles. The minimum atomic E-state index is 0.112. The van der Waals surface area contributed by atoms with Gasteiger partial charge < -0.3 is 5.11 Å².